The van der Waals surface area contributed by atoms with Gasteiger partial charge in [0.15, 0.2) is 0 Å². The van der Waals surface area contributed by atoms with E-state index in [1.165, 1.54) is 22.3 Å². The Hall–Kier alpha value is -2.80. The Morgan fingerprint density at radius 1 is 1.29 bits per heavy atom. The summed E-state index contributed by atoms with van der Waals surface area (Å²) in [6, 6.07) is 9.01. The maximum Gasteiger partial charge on any atom is 0.409 e. The number of hydrazine groups is 1. The number of aliphatic imine (C=N–C) groups is 1. The summed E-state index contributed by atoms with van der Waals surface area (Å²) in [4.78, 5) is 18.2. The number of dihydropyridines is 1. The normalized spacial score (nSPS) is 24.1. The fraction of sp³-hybridized carbons (Fsp3) is 0.500. The first kappa shape index (κ1) is 21.4. The van der Waals surface area contributed by atoms with Crippen LogP contribution >= 0.6 is 0 Å². The number of nitrogens with one attached hydrogen (secondary N) is 3. The molecule has 0 radical (unpaired) electrons. The van der Waals surface area contributed by atoms with Gasteiger partial charge >= 0.3 is 6.09 Å². The molecule has 1 fully saturated rings. The van der Waals surface area contributed by atoms with E-state index in [0.717, 1.165) is 31.6 Å². The molecule has 1 unspecified atom stereocenters. The number of allylic oxidation sites excluding steroid dienone is 1. The van der Waals surface area contributed by atoms with Crippen molar-refractivity contribution in [2.45, 2.75) is 51.6 Å². The highest BCUT2D eigenvalue weighted by Gasteiger charge is 2.41. The molecule has 3 N–H and O–H groups in total. The highest BCUT2D eigenvalue weighted by Crippen LogP contribution is 2.39. The third kappa shape index (κ3) is 4.46. The van der Waals surface area contributed by atoms with Gasteiger partial charge in [0.05, 0.1) is 12.1 Å². The Labute approximate surface area is 184 Å². The molecule has 0 saturated carbocycles. The van der Waals surface area contributed by atoms with Crippen molar-refractivity contribution in [2.24, 2.45) is 4.99 Å². The number of benzene rings is 1. The summed E-state index contributed by atoms with van der Waals surface area (Å²) in [6.07, 6.45) is 6.53. The highest BCUT2D eigenvalue weighted by atomic mass is 16.6. The van der Waals surface area contributed by atoms with Crippen LogP contribution in [0.5, 0.6) is 0 Å². The Kier molecular flexibility index (Phi) is 6.32. The molecule has 1 saturated heterocycles. The number of amides is 1. The second-order valence-electron chi connectivity index (χ2n) is 8.59. The summed E-state index contributed by atoms with van der Waals surface area (Å²) in [7, 11) is 0. The van der Waals surface area contributed by atoms with Crippen molar-refractivity contribution in [2.75, 3.05) is 26.2 Å². The number of rotatable bonds is 5. The summed E-state index contributed by atoms with van der Waals surface area (Å²) in [5.41, 5.74) is 11.6. The van der Waals surface area contributed by atoms with E-state index < -0.39 is 0 Å². The van der Waals surface area contributed by atoms with E-state index in [1.54, 1.807) is 4.90 Å². The van der Waals surface area contributed by atoms with E-state index in [1.807, 2.05) is 13.1 Å². The molecular formula is C24H33N5O2. The minimum absolute atomic E-state index is 0.208. The molecule has 0 aliphatic carbocycles. The molecule has 0 spiro atoms. The van der Waals surface area contributed by atoms with Crippen LogP contribution in [0.3, 0.4) is 0 Å². The quantitative estimate of drug-likeness (QED) is 0.678. The zero-order valence-corrected chi connectivity index (χ0v) is 18.7. The van der Waals surface area contributed by atoms with Gasteiger partial charge in [0, 0.05) is 37.5 Å². The minimum Gasteiger partial charge on any atom is -0.450 e. The number of piperidine rings is 1. The lowest BCUT2D eigenvalue weighted by Gasteiger charge is -2.33. The fourth-order valence-electron chi connectivity index (χ4n) is 4.57. The molecule has 3 aliphatic rings. The van der Waals surface area contributed by atoms with Crippen molar-refractivity contribution in [3.63, 3.8) is 0 Å². The van der Waals surface area contributed by atoms with Crippen molar-refractivity contribution in [3.8, 4) is 0 Å². The average molecular weight is 424 g/mol. The summed E-state index contributed by atoms with van der Waals surface area (Å²) in [5.74, 6) is 1.03. The second-order valence-corrected chi connectivity index (χ2v) is 8.59. The summed E-state index contributed by atoms with van der Waals surface area (Å²) in [5, 5.41) is 3.73. The van der Waals surface area contributed by atoms with Gasteiger partial charge < -0.3 is 20.4 Å². The topological polar surface area (TPSA) is 78.0 Å². The Morgan fingerprint density at radius 2 is 2.03 bits per heavy atom. The zero-order chi connectivity index (χ0) is 21.8. The van der Waals surface area contributed by atoms with E-state index in [-0.39, 0.29) is 11.6 Å². The van der Waals surface area contributed by atoms with Crippen LogP contribution in [0.2, 0.25) is 0 Å². The third-order valence-electron chi connectivity index (χ3n) is 6.40. The summed E-state index contributed by atoms with van der Waals surface area (Å²) < 4.78 is 5.15. The lowest BCUT2D eigenvalue weighted by Crippen LogP contribution is -2.47. The first-order chi connectivity index (χ1) is 15.0. The SMILES string of the molecule is CCOC(=O)N1CCC(NC2=C(C3=CC=NCC3)C(C)(c3ccc(C)cc3)NN2)CC1. The minimum atomic E-state index is -0.349. The Morgan fingerprint density at radius 3 is 2.68 bits per heavy atom. The van der Waals surface area contributed by atoms with Crippen molar-refractivity contribution >= 4 is 12.3 Å². The molecule has 7 heteroatoms. The van der Waals surface area contributed by atoms with Gasteiger partial charge in [-0.15, -0.1) is 0 Å². The van der Waals surface area contributed by atoms with Gasteiger partial charge in [-0.1, -0.05) is 29.8 Å². The average Bonchev–Trinajstić information content (AvgIpc) is 3.12. The van der Waals surface area contributed by atoms with Crippen LogP contribution in [0, 0.1) is 6.92 Å². The zero-order valence-electron chi connectivity index (χ0n) is 18.7. The van der Waals surface area contributed by atoms with E-state index in [2.05, 4.69) is 65.3 Å². The Balaban J connectivity index is 1.57. The lowest BCUT2D eigenvalue weighted by molar-refractivity contribution is 0.0956. The first-order valence-corrected chi connectivity index (χ1v) is 11.2. The molecule has 1 aromatic carbocycles. The molecule has 31 heavy (non-hydrogen) atoms. The molecular weight excluding hydrogens is 390 g/mol. The maximum atomic E-state index is 12.0. The largest absolute Gasteiger partial charge is 0.450 e. The smallest absolute Gasteiger partial charge is 0.409 e. The molecule has 166 valence electrons. The van der Waals surface area contributed by atoms with E-state index in [9.17, 15) is 4.79 Å². The van der Waals surface area contributed by atoms with Gasteiger partial charge in [0.1, 0.15) is 5.82 Å². The highest BCUT2D eigenvalue weighted by molar-refractivity contribution is 5.76. The summed E-state index contributed by atoms with van der Waals surface area (Å²) >= 11 is 0. The predicted octanol–water partition coefficient (Wildman–Crippen LogP) is 3.14. The number of ether oxygens (including phenoxy) is 1. The van der Waals surface area contributed by atoms with Crippen LogP contribution in [0.1, 0.15) is 44.2 Å². The lowest BCUT2D eigenvalue weighted by atomic mass is 9.80. The monoisotopic (exact) mass is 423 g/mol. The number of hydrogen-bond acceptors (Lipinski definition) is 6. The van der Waals surface area contributed by atoms with Gasteiger partial charge in [-0.2, -0.15) is 0 Å². The van der Waals surface area contributed by atoms with Gasteiger partial charge in [0.2, 0.25) is 0 Å². The number of carbonyl (C=O) groups is 1. The van der Waals surface area contributed by atoms with E-state index >= 15 is 0 Å². The number of nitrogens with zero attached hydrogens (tertiary/aromatic N) is 2. The van der Waals surface area contributed by atoms with Crippen LogP contribution in [-0.4, -0.2) is 49.5 Å². The second kappa shape index (κ2) is 9.14. The van der Waals surface area contributed by atoms with Crippen molar-refractivity contribution in [1.29, 1.82) is 0 Å². The van der Waals surface area contributed by atoms with Crippen molar-refractivity contribution in [3.05, 3.63) is 58.4 Å². The van der Waals surface area contributed by atoms with E-state index in [0.29, 0.717) is 25.7 Å². The van der Waals surface area contributed by atoms with Crippen LogP contribution < -0.4 is 16.2 Å². The van der Waals surface area contributed by atoms with Crippen LogP contribution in [0.4, 0.5) is 4.79 Å². The third-order valence-corrected chi connectivity index (χ3v) is 6.40. The number of likely N-dealkylation sites (tertiary alicyclic amines) is 1. The molecule has 7 nitrogen and oxygen atoms in total. The number of aryl methyl sites for hydroxylation is 1. The molecule has 1 atom stereocenters. The molecule has 0 bridgehead atoms. The molecule has 0 aromatic heterocycles. The van der Waals surface area contributed by atoms with Crippen LogP contribution in [-0.2, 0) is 10.3 Å². The van der Waals surface area contributed by atoms with Crippen molar-refractivity contribution < 1.29 is 9.53 Å². The summed E-state index contributed by atoms with van der Waals surface area (Å²) in [6.45, 7) is 8.82. The van der Waals surface area contributed by atoms with Gasteiger partial charge in [0.25, 0.3) is 0 Å². The van der Waals surface area contributed by atoms with Gasteiger partial charge in [-0.05, 0) is 57.2 Å². The van der Waals surface area contributed by atoms with Crippen LogP contribution in [0.15, 0.2) is 52.3 Å². The first-order valence-electron chi connectivity index (χ1n) is 11.2. The van der Waals surface area contributed by atoms with E-state index in [4.69, 9.17) is 4.74 Å². The van der Waals surface area contributed by atoms with Crippen molar-refractivity contribution in [1.82, 2.24) is 21.1 Å². The van der Waals surface area contributed by atoms with Crippen LogP contribution in [0.25, 0.3) is 0 Å². The standard InChI is InChI=1S/C24H33N5O2/c1-4-31-23(30)29-15-11-20(12-16-29)26-22-21(18-9-13-25-14-10-18)24(3,28-27-22)19-7-5-17(2)6-8-19/h5-9,13,20,26-28H,4,10-12,14-16H2,1-3H3. The van der Waals surface area contributed by atoms with Gasteiger partial charge in [-0.25, -0.2) is 10.2 Å². The van der Waals surface area contributed by atoms with Gasteiger partial charge in [-0.3, -0.25) is 4.99 Å². The molecule has 3 heterocycles. The molecule has 1 amide bonds. The number of carbonyl (C=O) groups excluding carboxylic acids is 1. The number of hydrogen-bond donors (Lipinski definition) is 3. The molecule has 1 aromatic rings. The maximum absolute atomic E-state index is 12.0. The Bertz CT molecular complexity index is 897. The fourth-order valence-corrected chi connectivity index (χ4v) is 4.57. The predicted molar refractivity (Wildman–Crippen MR) is 123 cm³/mol. The molecule has 3 aliphatic heterocycles. The molecule has 4 rings (SSSR count).